The Hall–Kier alpha value is -0.530. The second kappa shape index (κ2) is 8.57. The SMILES string of the molecule is [CH2]NC(=O)CCCCCCCC. The number of hydrogen-bond donors (Lipinski definition) is 1. The van der Waals surface area contributed by atoms with E-state index >= 15 is 0 Å². The zero-order valence-corrected chi connectivity index (χ0v) is 8.07. The van der Waals surface area contributed by atoms with Crippen molar-refractivity contribution in [3.05, 3.63) is 7.05 Å². The molecule has 0 aromatic heterocycles. The van der Waals surface area contributed by atoms with Gasteiger partial charge in [-0.15, -0.1) is 0 Å². The molecule has 0 aromatic carbocycles. The predicted octanol–water partition coefficient (Wildman–Crippen LogP) is 2.64. The molecule has 1 N–H and O–H groups in total. The second-order valence-electron chi connectivity index (χ2n) is 3.12. The molecule has 1 amide bonds. The second-order valence-corrected chi connectivity index (χ2v) is 3.12. The molecule has 0 rings (SSSR count). The number of rotatable bonds is 7. The highest BCUT2D eigenvalue weighted by molar-refractivity contribution is 5.75. The summed E-state index contributed by atoms with van der Waals surface area (Å²) in [7, 11) is 3.31. The highest BCUT2D eigenvalue weighted by Gasteiger charge is 1.96. The Morgan fingerprint density at radius 2 is 1.75 bits per heavy atom. The van der Waals surface area contributed by atoms with Gasteiger partial charge in [-0.2, -0.15) is 0 Å². The molecule has 71 valence electrons. The molecule has 0 aliphatic heterocycles. The molecule has 0 heterocycles. The van der Waals surface area contributed by atoms with E-state index in [1.807, 2.05) is 0 Å². The van der Waals surface area contributed by atoms with E-state index in [1.165, 1.54) is 32.1 Å². The summed E-state index contributed by atoms with van der Waals surface area (Å²) in [6.07, 6.45) is 7.98. The molecule has 0 aliphatic rings. The van der Waals surface area contributed by atoms with Crippen LogP contribution in [0, 0.1) is 7.05 Å². The summed E-state index contributed by atoms with van der Waals surface area (Å²) in [5, 5.41) is 2.38. The molecule has 0 saturated carbocycles. The maximum absolute atomic E-state index is 10.7. The van der Waals surface area contributed by atoms with Gasteiger partial charge in [-0.25, -0.2) is 0 Å². The molecule has 0 aliphatic carbocycles. The maximum Gasteiger partial charge on any atom is 0.220 e. The summed E-state index contributed by atoms with van der Waals surface area (Å²) in [6, 6.07) is 0. The van der Waals surface area contributed by atoms with E-state index in [9.17, 15) is 4.79 Å². The van der Waals surface area contributed by atoms with Gasteiger partial charge < -0.3 is 5.32 Å². The van der Waals surface area contributed by atoms with Crippen LogP contribution in [-0.4, -0.2) is 5.91 Å². The summed E-state index contributed by atoms with van der Waals surface area (Å²) in [5.41, 5.74) is 0. The zero-order valence-electron chi connectivity index (χ0n) is 8.07. The van der Waals surface area contributed by atoms with Crippen LogP contribution in [0.5, 0.6) is 0 Å². The molecule has 0 saturated heterocycles. The molecular formula is C10H20NO. The normalized spacial score (nSPS) is 9.83. The summed E-state index contributed by atoms with van der Waals surface area (Å²) >= 11 is 0. The van der Waals surface area contributed by atoms with E-state index in [4.69, 9.17) is 0 Å². The van der Waals surface area contributed by atoms with Crippen molar-refractivity contribution < 1.29 is 4.79 Å². The highest BCUT2D eigenvalue weighted by atomic mass is 16.1. The van der Waals surface area contributed by atoms with E-state index in [2.05, 4.69) is 19.3 Å². The van der Waals surface area contributed by atoms with Crippen molar-refractivity contribution in [3.63, 3.8) is 0 Å². The molecular weight excluding hydrogens is 150 g/mol. The maximum atomic E-state index is 10.7. The van der Waals surface area contributed by atoms with Gasteiger partial charge in [-0.1, -0.05) is 39.0 Å². The number of nitrogens with one attached hydrogen (secondary N) is 1. The van der Waals surface area contributed by atoms with Gasteiger partial charge in [0.15, 0.2) is 0 Å². The minimum Gasteiger partial charge on any atom is -0.354 e. The molecule has 0 atom stereocenters. The minimum atomic E-state index is 0.0606. The lowest BCUT2D eigenvalue weighted by molar-refractivity contribution is -0.120. The third-order valence-corrected chi connectivity index (χ3v) is 1.95. The van der Waals surface area contributed by atoms with Crippen LogP contribution < -0.4 is 5.32 Å². The van der Waals surface area contributed by atoms with Gasteiger partial charge >= 0.3 is 0 Å². The van der Waals surface area contributed by atoms with Gasteiger partial charge in [0.25, 0.3) is 0 Å². The third-order valence-electron chi connectivity index (χ3n) is 1.95. The van der Waals surface area contributed by atoms with Crippen molar-refractivity contribution in [3.8, 4) is 0 Å². The summed E-state index contributed by atoms with van der Waals surface area (Å²) < 4.78 is 0. The number of unbranched alkanes of at least 4 members (excludes halogenated alkanes) is 5. The molecule has 0 spiro atoms. The highest BCUT2D eigenvalue weighted by Crippen LogP contribution is 2.06. The van der Waals surface area contributed by atoms with Crippen molar-refractivity contribution in [1.29, 1.82) is 0 Å². The van der Waals surface area contributed by atoms with E-state index in [-0.39, 0.29) is 5.91 Å². The first-order valence-electron chi connectivity index (χ1n) is 4.87. The summed E-state index contributed by atoms with van der Waals surface area (Å²) in [4.78, 5) is 10.7. The lowest BCUT2D eigenvalue weighted by Crippen LogP contribution is -2.14. The van der Waals surface area contributed by atoms with Gasteiger partial charge in [-0.05, 0) is 6.42 Å². The first kappa shape index (κ1) is 11.5. The van der Waals surface area contributed by atoms with Crippen molar-refractivity contribution in [1.82, 2.24) is 5.32 Å². The Morgan fingerprint density at radius 1 is 1.17 bits per heavy atom. The standard InChI is InChI=1S/C10H20NO/c1-3-4-5-6-7-8-9-10(12)11-2/h2-9H2,1H3,(H,11,12). The van der Waals surface area contributed by atoms with Gasteiger partial charge in [0, 0.05) is 13.5 Å². The molecule has 2 heteroatoms. The Balaban J connectivity index is 2.95. The van der Waals surface area contributed by atoms with Crippen LogP contribution in [0.4, 0.5) is 0 Å². The van der Waals surface area contributed by atoms with Crippen molar-refractivity contribution in [2.75, 3.05) is 0 Å². The molecule has 0 aromatic rings. The van der Waals surface area contributed by atoms with Crippen molar-refractivity contribution in [2.45, 2.75) is 51.9 Å². The minimum absolute atomic E-state index is 0.0606. The van der Waals surface area contributed by atoms with Gasteiger partial charge in [-0.3, -0.25) is 4.79 Å². The quantitative estimate of drug-likeness (QED) is 0.585. The van der Waals surface area contributed by atoms with Crippen molar-refractivity contribution >= 4 is 5.91 Å². The first-order valence-corrected chi connectivity index (χ1v) is 4.87. The van der Waals surface area contributed by atoms with Gasteiger partial charge in [0.05, 0.1) is 0 Å². The number of hydrogen-bond acceptors (Lipinski definition) is 1. The fraction of sp³-hybridized carbons (Fsp3) is 0.800. The van der Waals surface area contributed by atoms with Crippen LogP contribution in [0.1, 0.15) is 51.9 Å². The number of carbonyl (C=O) groups excluding carboxylic acids is 1. The van der Waals surface area contributed by atoms with E-state index < -0.39 is 0 Å². The van der Waals surface area contributed by atoms with Gasteiger partial charge in [0.1, 0.15) is 0 Å². The lowest BCUT2D eigenvalue weighted by Gasteiger charge is -1.99. The Labute approximate surface area is 75.7 Å². The Bertz CT molecular complexity index is 112. The molecule has 0 bridgehead atoms. The Kier molecular flexibility index (Phi) is 8.19. The first-order chi connectivity index (χ1) is 5.81. The summed E-state index contributed by atoms with van der Waals surface area (Å²) in [6.45, 7) is 2.20. The zero-order chi connectivity index (χ0) is 9.23. The van der Waals surface area contributed by atoms with Crippen LogP contribution in [-0.2, 0) is 4.79 Å². The molecule has 0 fully saturated rings. The van der Waals surface area contributed by atoms with Crippen LogP contribution in [0.2, 0.25) is 0 Å². The van der Waals surface area contributed by atoms with Crippen LogP contribution >= 0.6 is 0 Å². The van der Waals surface area contributed by atoms with Crippen LogP contribution in [0.25, 0.3) is 0 Å². The average molecular weight is 170 g/mol. The number of amides is 1. The van der Waals surface area contributed by atoms with E-state index in [0.717, 1.165) is 6.42 Å². The van der Waals surface area contributed by atoms with E-state index in [1.54, 1.807) is 0 Å². The average Bonchev–Trinajstić information content (AvgIpc) is 2.10. The third kappa shape index (κ3) is 7.58. The van der Waals surface area contributed by atoms with Crippen LogP contribution in [0.3, 0.4) is 0 Å². The molecule has 12 heavy (non-hydrogen) atoms. The molecule has 2 nitrogen and oxygen atoms in total. The summed E-state index contributed by atoms with van der Waals surface area (Å²) in [5.74, 6) is 0.0606. The molecule has 0 unspecified atom stereocenters. The number of carbonyl (C=O) groups is 1. The molecule has 1 radical (unpaired) electrons. The monoisotopic (exact) mass is 170 g/mol. The van der Waals surface area contributed by atoms with Gasteiger partial charge in [0.2, 0.25) is 5.91 Å². The Morgan fingerprint density at radius 3 is 2.33 bits per heavy atom. The smallest absolute Gasteiger partial charge is 0.220 e. The van der Waals surface area contributed by atoms with Crippen molar-refractivity contribution in [2.24, 2.45) is 0 Å². The fourth-order valence-corrected chi connectivity index (χ4v) is 1.15. The van der Waals surface area contributed by atoms with Crippen LogP contribution in [0.15, 0.2) is 0 Å². The lowest BCUT2D eigenvalue weighted by atomic mass is 10.1. The fourth-order valence-electron chi connectivity index (χ4n) is 1.15. The largest absolute Gasteiger partial charge is 0.354 e. The predicted molar refractivity (Wildman–Crippen MR) is 51.5 cm³/mol. The topological polar surface area (TPSA) is 29.1 Å². The van der Waals surface area contributed by atoms with E-state index in [0.29, 0.717) is 6.42 Å².